The van der Waals surface area contributed by atoms with Crippen molar-refractivity contribution in [3.8, 4) is 0 Å². The lowest BCUT2D eigenvalue weighted by Crippen LogP contribution is -2.45. The minimum absolute atomic E-state index is 0.0774. The Morgan fingerprint density at radius 1 is 0.639 bits per heavy atom. The van der Waals surface area contributed by atoms with Crippen molar-refractivity contribution in [2.45, 2.75) is 167 Å². The van der Waals surface area contributed by atoms with E-state index in [4.69, 9.17) is 0 Å². The third kappa shape index (κ3) is 24.6. The number of carbonyl (C=O) groups is 1. The van der Waals surface area contributed by atoms with Gasteiger partial charge in [-0.3, -0.25) is 4.79 Å². The van der Waals surface area contributed by atoms with Gasteiger partial charge in [0.2, 0.25) is 5.91 Å². The Balaban J connectivity index is 3.70. The van der Waals surface area contributed by atoms with Crippen molar-refractivity contribution in [1.82, 2.24) is 5.32 Å². The summed E-state index contributed by atoms with van der Waals surface area (Å²) in [6, 6.07) is -0.620. The van der Waals surface area contributed by atoms with Crippen LogP contribution in [0.3, 0.4) is 0 Å². The van der Waals surface area contributed by atoms with Crippen LogP contribution >= 0.6 is 0 Å². The van der Waals surface area contributed by atoms with Gasteiger partial charge in [0.05, 0.1) is 18.8 Å². The molecule has 0 aromatic rings. The molecule has 0 rings (SSSR count). The van der Waals surface area contributed by atoms with Gasteiger partial charge < -0.3 is 15.5 Å². The lowest BCUT2D eigenvalue weighted by atomic mass is 10.1. The maximum absolute atomic E-state index is 12.2. The van der Waals surface area contributed by atoms with E-state index in [2.05, 4.69) is 31.3 Å². The van der Waals surface area contributed by atoms with Crippen LogP contribution in [0.1, 0.15) is 155 Å². The zero-order valence-corrected chi connectivity index (χ0v) is 24.0. The molecule has 0 aromatic heterocycles. The maximum Gasteiger partial charge on any atom is 0.220 e. The highest BCUT2D eigenvalue weighted by Gasteiger charge is 2.17. The molecule has 2 atom stereocenters. The van der Waals surface area contributed by atoms with E-state index in [1.807, 2.05) is 6.08 Å². The molecule has 0 aliphatic carbocycles. The monoisotopic (exact) mass is 507 g/mol. The van der Waals surface area contributed by atoms with Gasteiger partial charge in [-0.1, -0.05) is 128 Å². The fourth-order valence-electron chi connectivity index (χ4n) is 4.46. The number of aliphatic hydroxyl groups excluding tert-OH is 2. The molecule has 2 unspecified atom stereocenters. The van der Waals surface area contributed by atoms with Gasteiger partial charge in [0, 0.05) is 6.42 Å². The summed E-state index contributed by atoms with van der Waals surface area (Å²) in [6.45, 7) is 4.25. The zero-order chi connectivity index (χ0) is 26.5. The predicted octanol–water partition coefficient (Wildman–Crippen LogP) is 8.56. The number of unbranched alkanes of at least 4 members (excludes halogenated alkanes) is 18. The topological polar surface area (TPSA) is 69.6 Å². The molecule has 0 bridgehead atoms. The summed E-state index contributed by atoms with van der Waals surface area (Å²) in [5.74, 6) is -0.0774. The molecule has 36 heavy (non-hydrogen) atoms. The van der Waals surface area contributed by atoms with Crippen LogP contribution in [0.5, 0.6) is 0 Å². The summed E-state index contributed by atoms with van der Waals surface area (Å²) < 4.78 is 0. The smallest absolute Gasteiger partial charge is 0.220 e. The molecule has 0 radical (unpaired) electrons. The second-order valence-corrected chi connectivity index (χ2v) is 10.5. The molecular weight excluding hydrogens is 446 g/mol. The summed E-state index contributed by atoms with van der Waals surface area (Å²) >= 11 is 0. The van der Waals surface area contributed by atoms with Crippen LogP contribution in [-0.2, 0) is 4.79 Å². The highest BCUT2D eigenvalue weighted by atomic mass is 16.3. The van der Waals surface area contributed by atoms with Gasteiger partial charge in [-0.15, -0.1) is 0 Å². The highest BCUT2D eigenvalue weighted by molar-refractivity contribution is 5.76. The Kier molecular flexibility index (Phi) is 27.5. The first-order valence-electron chi connectivity index (χ1n) is 15.6. The lowest BCUT2D eigenvalue weighted by Gasteiger charge is -2.20. The van der Waals surface area contributed by atoms with E-state index in [-0.39, 0.29) is 12.5 Å². The normalized spacial score (nSPS) is 13.6. The molecule has 0 heterocycles. The quantitative estimate of drug-likeness (QED) is 0.0770. The van der Waals surface area contributed by atoms with Crippen molar-refractivity contribution in [3.63, 3.8) is 0 Å². The van der Waals surface area contributed by atoms with E-state index in [1.54, 1.807) is 6.08 Å². The molecule has 0 aliphatic rings. The highest BCUT2D eigenvalue weighted by Crippen LogP contribution is 2.12. The standard InChI is InChI=1S/C32H61NO3/c1-3-5-7-9-11-13-15-16-18-20-22-24-26-28-32(36)33-30(29-34)31(35)27-25-23-21-19-17-14-12-10-8-6-4-2/h13,15,25,27,30-31,34-35H,3-12,14,16-24,26,28-29H2,1-2H3,(H,33,36)/b15-13-,27-25+. The summed E-state index contributed by atoms with van der Waals surface area (Å²) in [7, 11) is 0. The van der Waals surface area contributed by atoms with E-state index in [9.17, 15) is 15.0 Å². The van der Waals surface area contributed by atoms with Crippen molar-refractivity contribution in [1.29, 1.82) is 0 Å². The molecule has 0 aliphatic heterocycles. The maximum atomic E-state index is 12.2. The minimum atomic E-state index is -0.836. The summed E-state index contributed by atoms with van der Waals surface area (Å²) in [5, 5.41) is 22.7. The third-order valence-corrected chi connectivity index (χ3v) is 6.93. The molecule has 0 saturated carbocycles. The van der Waals surface area contributed by atoms with Crippen molar-refractivity contribution in [2.24, 2.45) is 0 Å². The average Bonchev–Trinajstić information content (AvgIpc) is 2.88. The SMILES string of the molecule is CCCCCC/C=C\CCCCCCCC(=O)NC(CO)C(O)/C=C/CCCCCCCCCCC. The molecule has 4 nitrogen and oxygen atoms in total. The third-order valence-electron chi connectivity index (χ3n) is 6.93. The Bertz CT molecular complexity index is 518. The lowest BCUT2D eigenvalue weighted by molar-refractivity contribution is -0.123. The first-order valence-corrected chi connectivity index (χ1v) is 15.6. The van der Waals surface area contributed by atoms with Crippen LogP contribution in [0.25, 0.3) is 0 Å². The minimum Gasteiger partial charge on any atom is -0.394 e. The van der Waals surface area contributed by atoms with Gasteiger partial charge in [0.1, 0.15) is 0 Å². The van der Waals surface area contributed by atoms with E-state index in [0.717, 1.165) is 38.5 Å². The molecule has 4 heteroatoms. The van der Waals surface area contributed by atoms with Crippen LogP contribution < -0.4 is 5.32 Å². The van der Waals surface area contributed by atoms with E-state index in [1.165, 1.54) is 96.3 Å². The largest absolute Gasteiger partial charge is 0.394 e. The number of amides is 1. The average molecular weight is 508 g/mol. The molecule has 3 N–H and O–H groups in total. The second kappa shape index (κ2) is 28.4. The van der Waals surface area contributed by atoms with Gasteiger partial charge in [0.25, 0.3) is 0 Å². The summed E-state index contributed by atoms with van der Waals surface area (Å²) in [5.41, 5.74) is 0. The first kappa shape index (κ1) is 34.9. The Hall–Kier alpha value is -1.13. The molecule has 212 valence electrons. The number of allylic oxidation sites excluding steroid dienone is 3. The Morgan fingerprint density at radius 2 is 1.06 bits per heavy atom. The van der Waals surface area contributed by atoms with Crippen LogP contribution in [0.2, 0.25) is 0 Å². The van der Waals surface area contributed by atoms with E-state index < -0.39 is 12.1 Å². The first-order chi connectivity index (χ1) is 17.7. The molecular formula is C32H61NO3. The van der Waals surface area contributed by atoms with Gasteiger partial charge in [-0.25, -0.2) is 0 Å². The van der Waals surface area contributed by atoms with E-state index >= 15 is 0 Å². The van der Waals surface area contributed by atoms with Crippen molar-refractivity contribution >= 4 is 5.91 Å². The fraction of sp³-hybridized carbons (Fsp3) is 0.844. The van der Waals surface area contributed by atoms with Crippen LogP contribution in [0, 0.1) is 0 Å². The number of rotatable bonds is 27. The number of carbonyl (C=O) groups excluding carboxylic acids is 1. The number of aliphatic hydroxyl groups is 2. The van der Waals surface area contributed by atoms with Gasteiger partial charge in [0.15, 0.2) is 0 Å². The molecule has 0 fully saturated rings. The molecule has 0 aromatic carbocycles. The van der Waals surface area contributed by atoms with Gasteiger partial charge in [-0.05, 0) is 44.9 Å². The molecule has 1 amide bonds. The van der Waals surface area contributed by atoms with Crippen molar-refractivity contribution in [2.75, 3.05) is 6.61 Å². The molecule has 0 spiro atoms. The predicted molar refractivity (Wildman–Crippen MR) is 156 cm³/mol. The summed E-state index contributed by atoms with van der Waals surface area (Å²) in [6.07, 6.45) is 33.9. The molecule has 0 saturated heterocycles. The van der Waals surface area contributed by atoms with Crippen LogP contribution in [0.4, 0.5) is 0 Å². The van der Waals surface area contributed by atoms with Crippen molar-refractivity contribution < 1.29 is 15.0 Å². The van der Waals surface area contributed by atoms with Crippen LogP contribution in [0.15, 0.2) is 24.3 Å². The zero-order valence-electron chi connectivity index (χ0n) is 24.0. The summed E-state index contributed by atoms with van der Waals surface area (Å²) in [4.78, 5) is 12.2. The Morgan fingerprint density at radius 3 is 1.56 bits per heavy atom. The second-order valence-electron chi connectivity index (χ2n) is 10.5. The van der Waals surface area contributed by atoms with Crippen molar-refractivity contribution in [3.05, 3.63) is 24.3 Å². The van der Waals surface area contributed by atoms with Crippen LogP contribution in [-0.4, -0.2) is 34.9 Å². The Labute approximate surface area is 224 Å². The van der Waals surface area contributed by atoms with E-state index in [0.29, 0.717) is 6.42 Å². The van der Waals surface area contributed by atoms with Gasteiger partial charge >= 0.3 is 0 Å². The fourth-order valence-corrected chi connectivity index (χ4v) is 4.46. The number of hydrogen-bond acceptors (Lipinski definition) is 3. The number of nitrogens with one attached hydrogen (secondary N) is 1. The number of hydrogen-bond donors (Lipinski definition) is 3. The van der Waals surface area contributed by atoms with Gasteiger partial charge in [-0.2, -0.15) is 0 Å².